The fraction of sp³-hybridized carbons (Fsp3) is 0.105. The van der Waals surface area contributed by atoms with Crippen LogP contribution in [0.3, 0.4) is 0 Å². The monoisotopic (exact) mass is 462 g/mol. The molecule has 0 spiro atoms. The third-order valence-electron chi connectivity index (χ3n) is 4.47. The van der Waals surface area contributed by atoms with Gasteiger partial charge in [0.25, 0.3) is 11.5 Å². The number of aromatic nitrogens is 4. The molecule has 0 aliphatic heterocycles. The lowest BCUT2D eigenvalue weighted by Gasteiger charge is -2.09. The number of nitrogens with zero attached hydrogens (tertiary/aromatic N) is 4. The Kier molecular flexibility index (Phi) is 5.26. The molecule has 0 fully saturated rings. The number of halogens is 3. The fourth-order valence-corrected chi connectivity index (χ4v) is 3.79. The number of alkyl halides is 3. The van der Waals surface area contributed by atoms with E-state index in [1.807, 2.05) is 0 Å². The number of carbonyl (C=O) groups is 2. The third kappa shape index (κ3) is 3.97. The zero-order valence-corrected chi connectivity index (χ0v) is 16.8. The molecular formula is C19H13F3N6O3S. The van der Waals surface area contributed by atoms with E-state index in [4.69, 9.17) is 5.73 Å². The maximum Gasteiger partial charge on any atom is 0.416 e. The van der Waals surface area contributed by atoms with Gasteiger partial charge in [-0.25, -0.2) is 9.67 Å². The van der Waals surface area contributed by atoms with Crippen LogP contribution in [0.25, 0.3) is 16.7 Å². The van der Waals surface area contributed by atoms with E-state index < -0.39 is 35.7 Å². The van der Waals surface area contributed by atoms with Gasteiger partial charge in [0, 0.05) is 0 Å². The van der Waals surface area contributed by atoms with Crippen molar-refractivity contribution in [3.8, 4) is 5.69 Å². The summed E-state index contributed by atoms with van der Waals surface area (Å²) in [7, 11) is 0. The van der Waals surface area contributed by atoms with Crippen molar-refractivity contribution < 1.29 is 22.8 Å². The van der Waals surface area contributed by atoms with E-state index in [0.29, 0.717) is 0 Å². The van der Waals surface area contributed by atoms with Crippen LogP contribution in [0.1, 0.15) is 15.9 Å². The maximum atomic E-state index is 13.0. The van der Waals surface area contributed by atoms with Crippen molar-refractivity contribution in [3.05, 3.63) is 69.7 Å². The van der Waals surface area contributed by atoms with Crippen LogP contribution in [0.15, 0.2) is 53.0 Å². The number of amides is 2. The Hall–Kier alpha value is -4.00. The molecule has 4 rings (SSSR count). The second-order valence-corrected chi connectivity index (χ2v) is 7.51. The molecule has 3 heterocycles. The average molecular weight is 462 g/mol. The normalized spacial score (nSPS) is 11.6. The van der Waals surface area contributed by atoms with Crippen molar-refractivity contribution in [3.63, 3.8) is 0 Å². The Bertz CT molecular complexity index is 1410. The number of primary amides is 1. The second-order valence-electron chi connectivity index (χ2n) is 6.60. The van der Waals surface area contributed by atoms with Gasteiger partial charge in [-0.15, -0.1) is 11.3 Å². The Morgan fingerprint density at radius 2 is 2.00 bits per heavy atom. The maximum absolute atomic E-state index is 13.0. The van der Waals surface area contributed by atoms with Gasteiger partial charge in [0.2, 0.25) is 5.91 Å². The highest BCUT2D eigenvalue weighted by molar-refractivity contribution is 7.14. The van der Waals surface area contributed by atoms with Crippen LogP contribution < -0.4 is 16.6 Å². The first-order chi connectivity index (χ1) is 15.1. The summed E-state index contributed by atoms with van der Waals surface area (Å²) in [5.41, 5.74) is 4.03. The smallest absolute Gasteiger partial charge is 0.366 e. The third-order valence-corrected chi connectivity index (χ3v) is 5.30. The average Bonchev–Trinajstić information content (AvgIpc) is 3.37. The predicted octanol–water partition coefficient (Wildman–Crippen LogP) is 2.40. The number of nitrogens with two attached hydrogens (primary N) is 1. The molecule has 0 atom stereocenters. The van der Waals surface area contributed by atoms with Gasteiger partial charge in [-0.05, 0) is 29.6 Å². The van der Waals surface area contributed by atoms with Crippen molar-refractivity contribution in [2.45, 2.75) is 12.7 Å². The molecular weight excluding hydrogens is 449 g/mol. The summed E-state index contributed by atoms with van der Waals surface area (Å²) in [6, 6.07) is 5.91. The minimum Gasteiger partial charge on any atom is -0.366 e. The molecule has 0 bridgehead atoms. The van der Waals surface area contributed by atoms with Crippen LogP contribution in [0.5, 0.6) is 0 Å². The molecule has 0 radical (unpaired) electrons. The molecule has 32 heavy (non-hydrogen) atoms. The number of benzene rings is 1. The van der Waals surface area contributed by atoms with Gasteiger partial charge in [-0.1, -0.05) is 6.07 Å². The van der Waals surface area contributed by atoms with Gasteiger partial charge < -0.3 is 11.1 Å². The lowest BCUT2D eigenvalue weighted by atomic mass is 10.2. The largest absolute Gasteiger partial charge is 0.416 e. The molecule has 0 saturated carbocycles. The van der Waals surface area contributed by atoms with Crippen LogP contribution in [0.4, 0.5) is 18.2 Å². The summed E-state index contributed by atoms with van der Waals surface area (Å²) in [6.45, 7) is -0.410. The SMILES string of the molecule is NC(=O)c1ccsc1NC(=O)Cn1cnc2c(cnn2-c2cccc(C(F)(F)F)c2)c1=O. The predicted molar refractivity (Wildman–Crippen MR) is 110 cm³/mol. The Morgan fingerprint density at radius 3 is 2.72 bits per heavy atom. The molecule has 1 aromatic carbocycles. The molecule has 164 valence electrons. The fourth-order valence-electron chi connectivity index (χ4n) is 2.99. The topological polar surface area (TPSA) is 125 Å². The first-order valence-corrected chi connectivity index (χ1v) is 9.81. The van der Waals surface area contributed by atoms with Crippen molar-refractivity contribution >= 4 is 39.2 Å². The minimum absolute atomic E-state index is 0.0201. The highest BCUT2D eigenvalue weighted by atomic mass is 32.1. The second kappa shape index (κ2) is 7.92. The number of fused-ring (bicyclic) bond motifs is 1. The van der Waals surface area contributed by atoms with Gasteiger partial charge in [0.15, 0.2) is 5.65 Å². The van der Waals surface area contributed by atoms with E-state index in [-0.39, 0.29) is 27.3 Å². The highest BCUT2D eigenvalue weighted by Crippen LogP contribution is 2.30. The van der Waals surface area contributed by atoms with E-state index in [1.165, 1.54) is 24.4 Å². The Balaban J connectivity index is 1.62. The van der Waals surface area contributed by atoms with E-state index in [0.717, 1.165) is 39.0 Å². The minimum atomic E-state index is -4.54. The molecule has 0 saturated heterocycles. The zero-order valence-electron chi connectivity index (χ0n) is 16.0. The zero-order chi connectivity index (χ0) is 23.0. The van der Waals surface area contributed by atoms with Crippen LogP contribution in [-0.4, -0.2) is 31.1 Å². The number of anilines is 1. The molecule has 0 aliphatic carbocycles. The van der Waals surface area contributed by atoms with Gasteiger partial charge in [-0.2, -0.15) is 18.3 Å². The van der Waals surface area contributed by atoms with Crippen LogP contribution >= 0.6 is 11.3 Å². The molecule has 0 unspecified atom stereocenters. The first kappa shape index (κ1) is 21.2. The summed E-state index contributed by atoms with van der Waals surface area (Å²) in [6.07, 6.45) is -2.27. The number of rotatable bonds is 5. The summed E-state index contributed by atoms with van der Waals surface area (Å²) in [4.78, 5) is 40.5. The lowest BCUT2D eigenvalue weighted by Crippen LogP contribution is -2.28. The van der Waals surface area contributed by atoms with Crippen molar-refractivity contribution in [2.24, 2.45) is 5.73 Å². The van der Waals surface area contributed by atoms with Gasteiger partial charge >= 0.3 is 6.18 Å². The van der Waals surface area contributed by atoms with E-state index >= 15 is 0 Å². The van der Waals surface area contributed by atoms with Gasteiger partial charge in [0.1, 0.15) is 23.3 Å². The van der Waals surface area contributed by atoms with Gasteiger partial charge in [0.05, 0.1) is 23.0 Å². The summed E-state index contributed by atoms with van der Waals surface area (Å²) >= 11 is 1.10. The van der Waals surface area contributed by atoms with Crippen LogP contribution in [-0.2, 0) is 17.5 Å². The summed E-state index contributed by atoms with van der Waals surface area (Å²) in [5, 5.41) is 8.35. The molecule has 3 aromatic heterocycles. The van der Waals surface area contributed by atoms with E-state index in [9.17, 15) is 27.6 Å². The Labute approximate surface area is 180 Å². The quantitative estimate of drug-likeness (QED) is 0.471. The summed E-state index contributed by atoms with van der Waals surface area (Å²) in [5.74, 6) is -1.30. The van der Waals surface area contributed by atoms with Crippen molar-refractivity contribution in [1.29, 1.82) is 0 Å². The Morgan fingerprint density at radius 1 is 1.22 bits per heavy atom. The molecule has 9 nitrogen and oxygen atoms in total. The van der Waals surface area contributed by atoms with E-state index in [1.54, 1.807) is 5.38 Å². The molecule has 13 heteroatoms. The van der Waals surface area contributed by atoms with Crippen LogP contribution in [0.2, 0.25) is 0 Å². The number of hydrogen-bond donors (Lipinski definition) is 2. The number of carbonyl (C=O) groups excluding carboxylic acids is 2. The van der Waals surface area contributed by atoms with Gasteiger partial charge in [-0.3, -0.25) is 19.0 Å². The van der Waals surface area contributed by atoms with Crippen molar-refractivity contribution in [2.75, 3.05) is 5.32 Å². The first-order valence-electron chi connectivity index (χ1n) is 8.93. The molecule has 2 amide bonds. The van der Waals surface area contributed by atoms with E-state index in [2.05, 4.69) is 15.4 Å². The standard InChI is InChI=1S/C19H13F3N6O3S/c20-19(21,22)10-2-1-3-11(6-10)28-16-13(7-25-28)18(31)27(9-24-16)8-14(29)26-17-12(15(23)30)4-5-32-17/h1-7,9H,8H2,(H2,23,30)(H,26,29). The summed E-state index contributed by atoms with van der Waals surface area (Å²) < 4.78 is 41.1. The lowest BCUT2D eigenvalue weighted by molar-refractivity contribution is -0.137. The number of hydrogen-bond acceptors (Lipinski definition) is 6. The molecule has 4 aromatic rings. The van der Waals surface area contributed by atoms with Crippen LogP contribution in [0, 0.1) is 0 Å². The molecule has 0 aliphatic rings. The highest BCUT2D eigenvalue weighted by Gasteiger charge is 2.30. The number of nitrogens with one attached hydrogen (secondary N) is 1. The molecule has 3 N–H and O–H groups in total. The number of thiophene rings is 1. The van der Waals surface area contributed by atoms with Crippen molar-refractivity contribution in [1.82, 2.24) is 19.3 Å².